The fourth-order valence-electron chi connectivity index (χ4n) is 2.12. The number of halogens is 1. The minimum absolute atomic E-state index is 0.242. The molecule has 0 saturated heterocycles. The molecule has 128 valence electrons. The molecule has 1 amide bonds. The Morgan fingerprint density at radius 3 is 2.25 bits per heavy atom. The van der Waals surface area contributed by atoms with Crippen LogP contribution in [0.25, 0.3) is 0 Å². The zero-order valence-electron chi connectivity index (χ0n) is 14.1. The fraction of sp³-hybridized carbons (Fsp3) is 0.278. The molecule has 0 heterocycles. The standard InChI is InChI=1S/C18H20BrNO4/c1-11-9-16(22-3)17(23-4)10-15(11)20-18(21)12(2)24-14-7-5-13(19)6-8-14/h5-10,12H,1-4H3,(H,20,21)/t12-/m1/s1. The maximum Gasteiger partial charge on any atom is 0.265 e. The molecule has 0 aliphatic carbocycles. The van der Waals surface area contributed by atoms with Crippen LogP contribution >= 0.6 is 15.9 Å². The number of nitrogens with one attached hydrogen (secondary N) is 1. The number of methoxy groups -OCH3 is 2. The van der Waals surface area contributed by atoms with Crippen LogP contribution in [0.5, 0.6) is 17.2 Å². The number of ether oxygens (including phenoxy) is 3. The van der Waals surface area contributed by atoms with E-state index in [0.717, 1.165) is 10.0 Å². The predicted molar refractivity (Wildman–Crippen MR) is 97.1 cm³/mol. The minimum atomic E-state index is -0.640. The molecule has 1 N–H and O–H groups in total. The molecule has 0 spiro atoms. The highest BCUT2D eigenvalue weighted by atomic mass is 79.9. The smallest absolute Gasteiger partial charge is 0.265 e. The molecule has 2 rings (SSSR count). The third-order valence-electron chi connectivity index (χ3n) is 3.48. The van der Waals surface area contributed by atoms with Gasteiger partial charge in [-0.05, 0) is 49.7 Å². The summed E-state index contributed by atoms with van der Waals surface area (Å²) in [5.74, 6) is 1.56. The van der Waals surface area contributed by atoms with Gasteiger partial charge in [0.25, 0.3) is 5.91 Å². The number of benzene rings is 2. The number of amides is 1. The lowest BCUT2D eigenvalue weighted by molar-refractivity contribution is -0.122. The molecule has 0 aromatic heterocycles. The van der Waals surface area contributed by atoms with Crippen molar-refractivity contribution in [1.29, 1.82) is 0 Å². The van der Waals surface area contributed by atoms with Crippen LogP contribution in [0.4, 0.5) is 5.69 Å². The third kappa shape index (κ3) is 4.41. The summed E-state index contributed by atoms with van der Waals surface area (Å²) in [5.41, 5.74) is 1.53. The summed E-state index contributed by atoms with van der Waals surface area (Å²) in [4.78, 5) is 12.4. The highest BCUT2D eigenvalue weighted by Gasteiger charge is 2.17. The third-order valence-corrected chi connectivity index (χ3v) is 4.01. The highest BCUT2D eigenvalue weighted by molar-refractivity contribution is 9.10. The molecule has 2 aromatic carbocycles. The lowest BCUT2D eigenvalue weighted by Gasteiger charge is -2.17. The molecule has 5 nitrogen and oxygen atoms in total. The Morgan fingerprint density at radius 1 is 1.08 bits per heavy atom. The molecule has 24 heavy (non-hydrogen) atoms. The van der Waals surface area contributed by atoms with Gasteiger partial charge in [0.15, 0.2) is 17.6 Å². The number of carbonyl (C=O) groups is 1. The second-order valence-corrected chi connectivity index (χ2v) is 6.14. The Labute approximate surface area is 150 Å². The molecular weight excluding hydrogens is 374 g/mol. The summed E-state index contributed by atoms with van der Waals surface area (Å²) >= 11 is 3.36. The molecule has 6 heteroatoms. The van der Waals surface area contributed by atoms with Gasteiger partial charge < -0.3 is 19.5 Å². The minimum Gasteiger partial charge on any atom is -0.493 e. The summed E-state index contributed by atoms with van der Waals surface area (Å²) < 4.78 is 17.1. The maximum absolute atomic E-state index is 12.4. The van der Waals surface area contributed by atoms with Crippen molar-refractivity contribution in [2.24, 2.45) is 0 Å². The van der Waals surface area contributed by atoms with Gasteiger partial charge in [-0.3, -0.25) is 4.79 Å². The summed E-state index contributed by atoms with van der Waals surface area (Å²) in [6.07, 6.45) is -0.640. The highest BCUT2D eigenvalue weighted by Crippen LogP contribution is 2.33. The van der Waals surface area contributed by atoms with Crippen LogP contribution in [0.3, 0.4) is 0 Å². The maximum atomic E-state index is 12.4. The van der Waals surface area contributed by atoms with E-state index in [2.05, 4.69) is 21.2 Å². The molecule has 0 aliphatic rings. The van der Waals surface area contributed by atoms with Crippen molar-refractivity contribution in [2.45, 2.75) is 20.0 Å². The Balaban J connectivity index is 2.09. The van der Waals surface area contributed by atoms with Gasteiger partial charge in [0.2, 0.25) is 0 Å². The SMILES string of the molecule is COc1cc(C)c(NC(=O)[C@@H](C)Oc2ccc(Br)cc2)cc1OC. The Hall–Kier alpha value is -2.21. The molecule has 0 bridgehead atoms. The van der Waals surface area contributed by atoms with Gasteiger partial charge in [-0.15, -0.1) is 0 Å². The van der Waals surface area contributed by atoms with E-state index in [1.165, 1.54) is 0 Å². The van der Waals surface area contributed by atoms with Crippen LogP contribution in [-0.4, -0.2) is 26.2 Å². The first-order valence-electron chi connectivity index (χ1n) is 7.40. The van der Waals surface area contributed by atoms with Crippen molar-refractivity contribution < 1.29 is 19.0 Å². The Bertz CT molecular complexity index is 716. The van der Waals surface area contributed by atoms with E-state index in [1.807, 2.05) is 25.1 Å². The van der Waals surface area contributed by atoms with Crippen molar-refractivity contribution in [3.63, 3.8) is 0 Å². The molecule has 0 fully saturated rings. The number of hydrogen-bond acceptors (Lipinski definition) is 4. The summed E-state index contributed by atoms with van der Waals surface area (Å²) in [5, 5.41) is 2.86. The number of carbonyl (C=O) groups excluding carboxylic acids is 1. The first-order chi connectivity index (χ1) is 11.4. The number of aryl methyl sites for hydroxylation is 1. The van der Waals surface area contributed by atoms with Gasteiger partial charge in [0.1, 0.15) is 5.75 Å². The van der Waals surface area contributed by atoms with E-state index in [9.17, 15) is 4.79 Å². The summed E-state index contributed by atoms with van der Waals surface area (Å²) in [6.45, 7) is 3.59. The summed E-state index contributed by atoms with van der Waals surface area (Å²) in [6, 6.07) is 10.9. The van der Waals surface area contributed by atoms with Gasteiger partial charge in [-0.25, -0.2) is 0 Å². The first kappa shape index (κ1) is 18.1. The lowest BCUT2D eigenvalue weighted by atomic mass is 10.1. The van der Waals surface area contributed by atoms with Gasteiger partial charge in [0, 0.05) is 16.2 Å². The van der Waals surface area contributed by atoms with E-state index in [4.69, 9.17) is 14.2 Å². The van der Waals surface area contributed by atoms with Gasteiger partial charge in [-0.1, -0.05) is 15.9 Å². The van der Waals surface area contributed by atoms with Crippen LogP contribution < -0.4 is 19.5 Å². The zero-order chi connectivity index (χ0) is 17.7. The van der Waals surface area contributed by atoms with Crippen molar-refractivity contribution in [2.75, 3.05) is 19.5 Å². The molecule has 0 aliphatic heterocycles. The largest absolute Gasteiger partial charge is 0.493 e. The van der Waals surface area contributed by atoms with Crippen LogP contribution in [-0.2, 0) is 4.79 Å². The topological polar surface area (TPSA) is 56.8 Å². The predicted octanol–water partition coefficient (Wildman–Crippen LogP) is 4.18. The van der Waals surface area contributed by atoms with E-state index >= 15 is 0 Å². The normalized spacial score (nSPS) is 11.5. The number of hydrogen-bond donors (Lipinski definition) is 1. The van der Waals surface area contributed by atoms with Gasteiger partial charge >= 0.3 is 0 Å². The molecule has 2 aromatic rings. The molecular formula is C18H20BrNO4. The lowest BCUT2D eigenvalue weighted by Crippen LogP contribution is -2.30. The first-order valence-corrected chi connectivity index (χ1v) is 8.19. The molecule has 0 saturated carbocycles. The average Bonchev–Trinajstić information content (AvgIpc) is 2.58. The second-order valence-electron chi connectivity index (χ2n) is 5.23. The van der Waals surface area contributed by atoms with Crippen molar-refractivity contribution in [3.8, 4) is 17.2 Å². The van der Waals surface area contributed by atoms with Crippen molar-refractivity contribution in [3.05, 3.63) is 46.4 Å². The monoisotopic (exact) mass is 393 g/mol. The van der Waals surface area contributed by atoms with Gasteiger partial charge in [0.05, 0.1) is 14.2 Å². The van der Waals surface area contributed by atoms with Gasteiger partial charge in [-0.2, -0.15) is 0 Å². The van der Waals surface area contributed by atoms with Crippen molar-refractivity contribution >= 4 is 27.5 Å². The average molecular weight is 394 g/mol. The van der Waals surface area contributed by atoms with E-state index in [0.29, 0.717) is 22.9 Å². The van der Waals surface area contributed by atoms with E-state index in [-0.39, 0.29) is 5.91 Å². The second kappa shape index (κ2) is 8.06. The van der Waals surface area contributed by atoms with Crippen LogP contribution in [0.15, 0.2) is 40.9 Å². The number of rotatable bonds is 6. The fourth-order valence-corrected chi connectivity index (χ4v) is 2.38. The number of anilines is 1. The van der Waals surface area contributed by atoms with Crippen LogP contribution in [0.2, 0.25) is 0 Å². The Morgan fingerprint density at radius 2 is 1.67 bits per heavy atom. The van der Waals surface area contributed by atoms with E-state index in [1.54, 1.807) is 39.3 Å². The van der Waals surface area contributed by atoms with Crippen LogP contribution in [0, 0.1) is 6.92 Å². The zero-order valence-corrected chi connectivity index (χ0v) is 15.6. The Kier molecular flexibility index (Phi) is 6.09. The summed E-state index contributed by atoms with van der Waals surface area (Å²) in [7, 11) is 3.13. The molecule has 0 unspecified atom stereocenters. The van der Waals surface area contributed by atoms with Crippen molar-refractivity contribution in [1.82, 2.24) is 0 Å². The van der Waals surface area contributed by atoms with Crippen LogP contribution in [0.1, 0.15) is 12.5 Å². The quantitative estimate of drug-likeness (QED) is 0.799. The van der Waals surface area contributed by atoms with E-state index < -0.39 is 6.10 Å². The molecule has 1 atom stereocenters. The molecule has 0 radical (unpaired) electrons.